The lowest BCUT2D eigenvalue weighted by Crippen LogP contribution is -1.87. The van der Waals surface area contributed by atoms with Gasteiger partial charge in [-0.25, -0.2) is 4.98 Å². The Balaban J connectivity index is 1.18. The summed E-state index contributed by atoms with van der Waals surface area (Å²) in [5.41, 5.74) is 11.4. The number of fused-ring (bicyclic) bond motifs is 12. The highest BCUT2D eigenvalue weighted by Gasteiger charge is 2.29. The van der Waals surface area contributed by atoms with E-state index in [9.17, 15) is 0 Å². The fourth-order valence-corrected chi connectivity index (χ4v) is 8.93. The van der Waals surface area contributed by atoms with Gasteiger partial charge in [-0.15, -0.1) is 11.3 Å². The van der Waals surface area contributed by atoms with Gasteiger partial charge in [0.05, 0.1) is 10.2 Å². The SMILES string of the molecule is c1cc(-c2nc3ccc4ccc5ccccc5c4c3s2)cc(-c2cc3c(oc4ccccc43)c3c2-c2cccc4cccc-3c24)c1. The second-order valence-electron chi connectivity index (χ2n) is 12.3. The van der Waals surface area contributed by atoms with Crippen LogP contribution in [0.3, 0.4) is 0 Å². The molecule has 46 heavy (non-hydrogen) atoms. The van der Waals surface area contributed by atoms with Gasteiger partial charge in [0.1, 0.15) is 16.2 Å². The summed E-state index contributed by atoms with van der Waals surface area (Å²) in [5.74, 6) is 0. The van der Waals surface area contributed by atoms with Crippen LogP contribution in [0.2, 0.25) is 0 Å². The highest BCUT2D eigenvalue weighted by Crippen LogP contribution is 2.55. The van der Waals surface area contributed by atoms with Crippen LogP contribution in [0.4, 0.5) is 0 Å². The van der Waals surface area contributed by atoms with E-state index in [0.29, 0.717) is 0 Å². The molecule has 0 saturated carbocycles. The van der Waals surface area contributed by atoms with Crippen molar-refractivity contribution in [1.29, 1.82) is 0 Å². The minimum Gasteiger partial charge on any atom is -0.455 e. The molecule has 2 heterocycles. The Bertz CT molecular complexity index is 2920. The molecule has 212 valence electrons. The van der Waals surface area contributed by atoms with Crippen LogP contribution in [0.25, 0.3) is 108 Å². The molecule has 2 nitrogen and oxygen atoms in total. The van der Waals surface area contributed by atoms with Crippen LogP contribution in [-0.2, 0) is 0 Å². The van der Waals surface area contributed by atoms with Gasteiger partial charge in [-0.05, 0) is 73.5 Å². The van der Waals surface area contributed by atoms with Gasteiger partial charge >= 0.3 is 0 Å². The van der Waals surface area contributed by atoms with E-state index >= 15 is 0 Å². The minimum absolute atomic E-state index is 0.919. The number of nitrogens with zero attached hydrogens (tertiary/aromatic N) is 1. The van der Waals surface area contributed by atoms with Crippen molar-refractivity contribution >= 4 is 75.8 Å². The molecule has 0 fully saturated rings. The molecule has 10 aromatic rings. The molecular formula is C43H23NOS. The van der Waals surface area contributed by atoms with Crippen molar-refractivity contribution < 1.29 is 4.42 Å². The zero-order valence-corrected chi connectivity index (χ0v) is 25.4. The third kappa shape index (κ3) is 3.22. The van der Waals surface area contributed by atoms with Crippen LogP contribution in [0.15, 0.2) is 144 Å². The van der Waals surface area contributed by atoms with E-state index in [4.69, 9.17) is 9.40 Å². The number of thiazole rings is 1. The first-order valence-corrected chi connectivity index (χ1v) is 16.4. The monoisotopic (exact) mass is 601 g/mol. The van der Waals surface area contributed by atoms with Gasteiger partial charge in [0.15, 0.2) is 0 Å². The van der Waals surface area contributed by atoms with Gasteiger partial charge < -0.3 is 4.42 Å². The molecule has 3 heteroatoms. The zero-order valence-electron chi connectivity index (χ0n) is 24.5. The minimum atomic E-state index is 0.919. The Morgan fingerprint density at radius 2 is 1.17 bits per heavy atom. The number of furan rings is 1. The normalized spacial score (nSPS) is 12.3. The zero-order chi connectivity index (χ0) is 29.9. The quantitative estimate of drug-likeness (QED) is 0.184. The van der Waals surface area contributed by atoms with Crippen molar-refractivity contribution in [3.05, 3.63) is 140 Å². The third-order valence-electron chi connectivity index (χ3n) is 9.80. The summed E-state index contributed by atoms with van der Waals surface area (Å²) in [7, 11) is 0. The van der Waals surface area contributed by atoms with E-state index in [1.165, 1.54) is 70.4 Å². The van der Waals surface area contributed by atoms with Crippen LogP contribution in [-0.4, -0.2) is 4.98 Å². The molecule has 0 unspecified atom stereocenters. The molecule has 0 radical (unpaired) electrons. The number of rotatable bonds is 2. The highest BCUT2D eigenvalue weighted by atomic mass is 32.1. The molecule has 11 rings (SSSR count). The first kappa shape index (κ1) is 24.5. The number of hydrogen-bond acceptors (Lipinski definition) is 3. The fourth-order valence-electron chi connectivity index (χ4n) is 7.80. The molecule has 0 saturated heterocycles. The second-order valence-corrected chi connectivity index (χ2v) is 13.3. The second kappa shape index (κ2) is 8.91. The number of benzene rings is 8. The van der Waals surface area contributed by atoms with E-state index in [0.717, 1.165) is 38.0 Å². The molecule has 1 aliphatic carbocycles. The summed E-state index contributed by atoms with van der Waals surface area (Å²) in [6.07, 6.45) is 0. The van der Waals surface area contributed by atoms with Crippen molar-refractivity contribution in [2.45, 2.75) is 0 Å². The van der Waals surface area contributed by atoms with Crippen molar-refractivity contribution in [3.8, 4) is 44.0 Å². The van der Waals surface area contributed by atoms with Crippen LogP contribution < -0.4 is 0 Å². The van der Waals surface area contributed by atoms with E-state index in [-0.39, 0.29) is 0 Å². The molecule has 0 aliphatic heterocycles. The van der Waals surface area contributed by atoms with Gasteiger partial charge in [0.25, 0.3) is 0 Å². The Morgan fingerprint density at radius 3 is 2.09 bits per heavy atom. The van der Waals surface area contributed by atoms with Gasteiger partial charge in [-0.3, -0.25) is 0 Å². The van der Waals surface area contributed by atoms with Crippen molar-refractivity contribution in [3.63, 3.8) is 0 Å². The van der Waals surface area contributed by atoms with Crippen LogP contribution in [0.5, 0.6) is 0 Å². The Labute approximate surface area is 267 Å². The van der Waals surface area contributed by atoms with Crippen molar-refractivity contribution in [2.75, 3.05) is 0 Å². The number of para-hydroxylation sites is 1. The predicted molar refractivity (Wildman–Crippen MR) is 195 cm³/mol. The van der Waals surface area contributed by atoms with E-state index in [1.807, 2.05) is 0 Å². The molecule has 0 bridgehead atoms. The summed E-state index contributed by atoms with van der Waals surface area (Å²) in [6.45, 7) is 0. The molecule has 1 aliphatic rings. The molecule has 2 aromatic heterocycles. The van der Waals surface area contributed by atoms with Gasteiger partial charge in [0, 0.05) is 32.8 Å². The Kier molecular flexibility index (Phi) is 4.75. The van der Waals surface area contributed by atoms with Gasteiger partial charge in [0.2, 0.25) is 0 Å². The maximum absolute atomic E-state index is 6.63. The first-order valence-electron chi connectivity index (χ1n) is 15.6. The average Bonchev–Trinajstić information content (AvgIpc) is 3.81. The molecule has 0 N–H and O–H groups in total. The molecule has 0 spiro atoms. The van der Waals surface area contributed by atoms with Gasteiger partial charge in [-0.1, -0.05) is 115 Å². The smallest absolute Gasteiger partial charge is 0.143 e. The fraction of sp³-hybridized carbons (Fsp3) is 0. The van der Waals surface area contributed by atoms with Gasteiger partial charge in [-0.2, -0.15) is 0 Å². The Hall–Kier alpha value is -5.77. The highest BCUT2D eigenvalue weighted by molar-refractivity contribution is 7.22. The van der Waals surface area contributed by atoms with Crippen molar-refractivity contribution in [1.82, 2.24) is 4.98 Å². The predicted octanol–water partition coefficient (Wildman–Crippen LogP) is 12.6. The maximum atomic E-state index is 6.63. The lowest BCUT2D eigenvalue weighted by molar-refractivity contribution is 0.670. The average molecular weight is 602 g/mol. The van der Waals surface area contributed by atoms with Crippen LogP contribution >= 0.6 is 11.3 Å². The third-order valence-corrected chi connectivity index (χ3v) is 10.9. The van der Waals surface area contributed by atoms with Crippen LogP contribution in [0, 0.1) is 0 Å². The van der Waals surface area contributed by atoms with Crippen LogP contribution in [0.1, 0.15) is 0 Å². The molecule has 0 amide bonds. The lowest BCUT2D eigenvalue weighted by Gasteiger charge is -2.13. The topological polar surface area (TPSA) is 26.0 Å². The summed E-state index contributed by atoms with van der Waals surface area (Å²) in [4.78, 5) is 5.20. The first-order chi connectivity index (χ1) is 22.8. The standard InChI is InChI=1S/C43H23NOS/c1-2-13-29-24(8-1)18-19-26-20-21-35-42(38(26)29)46-43(44-35)28-12-5-11-27(22-28)33-23-34-30-14-3-4-17-36(30)45-41(34)40-32-16-7-10-25-9-6-15-31(37(25)32)39(33)40/h1-23H. The van der Waals surface area contributed by atoms with E-state index in [2.05, 4.69) is 140 Å². The number of hydrogen-bond donors (Lipinski definition) is 0. The summed E-state index contributed by atoms with van der Waals surface area (Å²) in [5, 5.41) is 11.0. The molecule has 0 atom stereocenters. The lowest BCUT2D eigenvalue weighted by atomic mass is 9.90. The van der Waals surface area contributed by atoms with E-state index < -0.39 is 0 Å². The summed E-state index contributed by atoms with van der Waals surface area (Å²) < 4.78 is 7.87. The Morgan fingerprint density at radius 1 is 0.478 bits per heavy atom. The number of aromatic nitrogens is 1. The summed E-state index contributed by atoms with van der Waals surface area (Å²) in [6, 6.07) is 50.4. The largest absolute Gasteiger partial charge is 0.455 e. The molecule has 8 aromatic carbocycles. The summed E-state index contributed by atoms with van der Waals surface area (Å²) >= 11 is 1.79. The van der Waals surface area contributed by atoms with E-state index in [1.54, 1.807) is 11.3 Å². The maximum Gasteiger partial charge on any atom is 0.143 e. The molecular weight excluding hydrogens is 579 g/mol. The van der Waals surface area contributed by atoms with Crippen molar-refractivity contribution in [2.24, 2.45) is 0 Å².